The predicted molar refractivity (Wildman–Crippen MR) is 127 cm³/mol. The third kappa shape index (κ3) is 6.93. The van der Waals surface area contributed by atoms with Crippen LogP contribution in [0.4, 0.5) is 4.39 Å². The summed E-state index contributed by atoms with van der Waals surface area (Å²) in [6.07, 6.45) is 10.7. The van der Waals surface area contributed by atoms with Crippen molar-refractivity contribution < 1.29 is 14.3 Å². The summed E-state index contributed by atoms with van der Waals surface area (Å²) in [4.78, 5) is 12.5. The van der Waals surface area contributed by atoms with Crippen LogP contribution in [-0.2, 0) is 11.2 Å². The van der Waals surface area contributed by atoms with Crippen LogP contribution in [0.15, 0.2) is 46.5 Å². The molecule has 2 heterocycles. The van der Waals surface area contributed by atoms with Gasteiger partial charge in [-0.05, 0) is 61.3 Å². The first kappa shape index (κ1) is 24.6. The molecule has 0 amide bonds. The van der Waals surface area contributed by atoms with Gasteiger partial charge in [0.1, 0.15) is 5.82 Å². The molecule has 0 fully saturated rings. The lowest BCUT2D eigenvalue weighted by Crippen LogP contribution is -2.16. The summed E-state index contributed by atoms with van der Waals surface area (Å²) in [6, 6.07) is 3.32. The second kappa shape index (κ2) is 12.2. The summed E-state index contributed by atoms with van der Waals surface area (Å²) in [5.41, 5.74) is 2.38. The maximum Gasteiger partial charge on any atom is 0.307 e. The molecule has 2 aromatic heterocycles. The number of allylic oxidation sites excluding steroid dienone is 3. The first-order chi connectivity index (χ1) is 14.4. The third-order valence-corrected chi connectivity index (χ3v) is 6.96. The molecule has 2 aromatic rings. The molecule has 0 saturated carbocycles. The van der Waals surface area contributed by atoms with Crippen LogP contribution >= 0.6 is 23.7 Å². The van der Waals surface area contributed by atoms with E-state index in [1.54, 1.807) is 34.2 Å². The number of carboxylic acid groups (broad SMARTS) is 1. The van der Waals surface area contributed by atoms with Crippen LogP contribution in [0, 0.1) is 12.7 Å². The lowest BCUT2D eigenvalue weighted by molar-refractivity contribution is -0.136. The fourth-order valence-electron chi connectivity index (χ4n) is 3.13. The van der Waals surface area contributed by atoms with Crippen molar-refractivity contribution >= 4 is 35.2 Å². The molecular weight excluding hydrogens is 419 g/mol. The number of hydrogen-bond donors (Lipinski definition) is 2. The molecule has 0 saturated heterocycles. The lowest BCUT2D eigenvalue weighted by Gasteiger charge is -2.09. The number of hydrogen-bond acceptors (Lipinski definition) is 4. The van der Waals surface area contributed by atoms with E-state index in [0.717, 1.165) is 51.6 Å². The number of thioether (sulfide) groups is 1. The maximum absolute atomic E-state index is 13.9. The second-order valence-corrected chi connectivity index (χ2v) is 9.20. The van der Waals surface area contributed by atoms with Gasteiger partial charge in [-0.2, -0.15) is 0 Å². The quantitative estimate of drug-likeness (QED) is 0.170. The van der Waals surface area contributed by atoms with Crippen molar-refractivity contribution in [1.29, 1.82) is 0 Å². The highest BCUT2D eigenvalue weighted by atomic mass is 32.2. The molecule has 1 unspecified atom stereocenters. The van der Waals surface area contributed by atoms with Crippen LogP contribution < -0.4 is 4.72 Å². The Morgan fingerprint density at radius 2 is 2.13 bits per heavy atom. The van der Waals surface area contributed by atoms with Crippen molar-refractivity contribution in [3.8, 4) is 0 Å². The minimum atomic E-state index is -0.888. The number of halogens is 1. The zero-order chi connectivity index (χ0) is 22.1. The minimum Gasteiger partial charge on any atom is -0.481 e. The molecule has 0 aliphatic rings. The minimum absolute atomic E-state index is 0.0765. The van der Waals surface area contributed by atoms with E-state index < -0.39 is 5.97 Å². The van der Waals surface area contributed by atoms with Crippen molar-refractivity contribution in [3.63, 3.8) is 0 Å². The standard InChI is InChI=1S/C23H31FN2O2S2/c1-5-8-19(10-7-9-16(3)25-29-13-6-2)30-23-17(4)20(14-22(27)28)21-12-11-18(24)15-26(21)23/h7-9,11-12,15-16,25H,5-6,10,13-14H2,1-4H3,(H,27,28)/b9-7-,19-8+. The van der Waals surface area contributed by atoms with Gasteiger partial charge < -0.3 is 9.51 Å². The molecule has 7 heteroatoms. The molecule has 0 spiro atoms. The van der Waals surface area contributed by atoms with E-state index >= 15 is 0 Å². The zero-order valence-corrected chi connectivity index (χ0v) is 19.7. The van der Waals surface area contributed by atoms with Crippen LogP contribution in [0.1, 0.15) is 51.2 Å². The van der Waals surface area contributed by atoms with Gasteiger partial charge in [-0.25, -0.2) is 4.39 Å². The van der Waals surface area contributed by atoms with Gasteiger partial charge in [0.2, 0.25) is 0 Å². The Bertz CT molecular complexity index is 922. The van der Waals surface area contributed by atoms with Crippen LogP contribution in [0.2, 0.25) is 0 Å². The zero-order valence-electron chi connectivity index (χ0n) is 18.1. The van der Waals surface area contributed by atoms with Gasteiger partial charge in [-0.3, -0.25) is 9.52 Å². The fraction of sp³-hybridized carbons (Fsp3) is 0.435. The average Bonchev–Trinajstić information content (AvgIpc) is 2.93. The Balaban J connectivity index is 2.24. The molecule has 0 radical (unpaired) electrons. The highest BCUT2D eigenvalue weighted by molar-refractivity contribution is 8.03. The Hall–Kier alpha value is -1.70. The van der Waals surface area contributed by atoms with E-state index in [1.165, 1.54) is 12.3 Å². The monoisotopic (exact) mass is 450 g/mol. The summed E-state index contributed by atoms with van der Waals surface area (Å²) in [5.74, 6) is -0.141. The van der Waals surface area contributed by atoms with Gasteiger partial charge >= 0.3 is 5.97 Å². The highest BCUT2D eigenvalue weighted by Crippen LogP contribution is 2.37. The summed E-state index contributed by atoms with van der Waals surface area (Å²) in [7, 11) is 0. The summed E-state index contributed by atoms with van der Waals surface area (Å²) < 4.78 is 19.1. The Kier molecular flexibility index (Phi) is 10.0. The van der Waals surface area contributed by atoms with Gasteiger partial charge in [-0.1, -0.05) is 55.8 Å². The Morgan fingerprint density at radius 1 is 1.37 bits per heavy atom. The molecule has 30 heavy (non-hydrogen) atoms. The number of aromatic nitrogens is 1. The van der Waals surface area contributed by atoms with E-state index in [2.05, 4.69) is 43.7 Å². The molecule has 4 nitrogen and oxygen atoms in total. The van der Waals surface area contributed by atoms with Crippen LogP contribution in [0.5, 0.6) is 0 Å². The molecule has 0 bridgehead atoms. The number of carbonyl (C=O) groups is 1. The number of rotatable bonds is 12. The number of nitrogens with one attached hydrogen (secondary N) is 1. The number of pyridine rings is 1. The topological polar surface area (TPSA) is 53.7 Å². The number of nitrogens with zero attached hydrogens (tertiary/aromatic N) is 1. The second-order valence-electron chi connectivity index (χ2n) is 7.15. The summed E-state index contributed by atoms with van der Waals surface area (Å²) >= 11 is 3.32. The van der Waals surface area contributed by atoms with E-state index in [0.29, 0.717) is 0 Å². The Morgan fingerprint density at radius 3 is 2.80 bits per heavy atom. The van der Waals surface area contributed by atoms with E-state index in [-0.39, 0.29) is 18.3 Å². The molecule has 164 valence electrons. The summed E-state index contributed by atoms with van der Waals surface area (Å²) in [6.45, 7) is 8.30. The molecule has 0 aromatic carbocycles. The number of aliphatic carboxylic acids is 1. The Labute approximate surface area is 187 Å². The third-order valence-electron chi connectivity index (χ3n) is 4.52. The fourth-order valence-corrected chi connectivity index (χ4v) is 5.00. The average molecular weight is 451 g/mol. The predicted octanol–water partition coefficient (Wildman–Crippen LogP) is 6.38. The normalized spacial score (nSPS) is 13.4. The first-order valence-electron chi connectivity index (χ1n) is 10.3. The number of carboxylic acids is 1. The van der Waals surface area contributed by atoms with Crippen molar-refractivity contribution in [1.82, 2.24) is 9.12 Å². The van der Waals surface area contributed by atoms with Crippen molar-refractivity contribution in [2.24, 2.45) is 0 Å². The van der Waals surface area contributed by atoms with Crippen molar-refractivity contribution in [2.45, 2.75) is 64.4 Å². The van der Waals surface area contributed by atoms with Gasteiger partial charge in [-0.15, -0.1) is 0 Å². The maximum atomic E-state index is 13.9. The molecule has 1 atom stereocenters. The SMILES string of the molecule is CC/C=C(\C/C=C\C(C)NSCCC)Sc1c(C)c(CC(=O)O)c2ccc(F)cn12. The van der Waals surface area contributed by atoms with Gasteiger partial charge in [0, 0.05) is 18.0 Å². The van der Waals surface area contributed by atoms with Crippen LogP contribution in [-0.4, -0.2) is 27.3 Å². The van der Waals surface area contributed by atoms with E-state index in [9.17, 15) is 14.3 Å². The molecule has 2 rings (SSSR count). The molecule has 0 aliphatic heterocycles. The smallest absolute Gasteiger partial charge is 0.307 e. The van der Waals surface area contributed by atoms with Crippen molar-refractivity contribution in [2.75, 3.05) is 5.75 Å². The highest BCUT2D eigenvalue weighted by Gasteiger charge is 2.19. The molecular formula is C23H31FN2O2S2. The molecule has 0 aliphatic carbocycles. The van der Waals surface area contributed by atoms with Crippen molar-refractivity contribution in [3.05, 3.63) is 58.4 Å². The van der Waals surface area contributed by atoms with E-state index in [4.69, 9.17) is 0 Å². The lowest BCUT2D eigenvalue weighted by atomic mass is 10.1. The van der Waals surface area contributed by atoms with Gasteiger partial charge in [0.25, 0.3) is 0 Å². The van der Waals surface area contributed by atoms with Gasteiger partial charge in [0.15, 0.2) is 0 Å². The first-order valence-corrected chi connectivity index (χ1v) is 12.1. The van der Waals surface area contributed by atoms with E-state index in [1.807, 2.05) is 6.92 Å². The molecule has 2 N–H and O–H groups in total. The largest absolute Gasteiger partial charge is 0.481 e. The van der Waals surface area contributed by atoms with Crippen LogP contribution in [0.25, 0.3) is 5.52 Å². The summed E-state index contributed by atoms with van der Waals surface area (Å²) in [5, 5.41) is 10.2. The number of fused-ring (bicyclic) bond motifs is 1. The van der Waals surface area contributed by atoms with Crippen LogP contribution in [0.3, 0.4) is 0 Å². The van der Waals surface area contributed by atoms with Gasteiger partial charge in [0.05, 0.1) is 17.0 Å².